The third kappa shape index (κ3) is 3.15. The smallest absolute Gasteiger partial charge is 0.275 e. The lowest BCUT2D eigenvalue weighted by Crippen LogP contribution is -2.18. The highest BCUT2D eigenvalue weighted by atomic mass is 35.5. The van der Waals surface area contributed by atoms with E-state index in [1.54, 1.807) is 17.5 Å². The largest absolute Gasteiger partial charge is 0.355 e. The van der Waals surface area contributed by atoms with Gasteiger partial charge in [-0.15, -0.1) is 11.3 Å². The van der Waals surface area contributed by atoms with E-state index in [2.05, 4.69) is 15.6 Å². The molecule has 0 saturated carbocycles. The van der Waals surface area contributed by atoms with Crippen molar-refractivity contribution in [1.82, 2.24) is 10.3 Å². The number of anilines is 1. The summed E-state index contributed by atoms with van der Waals surface area (Å²) < 4.78 is 0. The zero-order valence-electron chi connectivity index (χ0n) is 10.9. The zero-order valence-corrected chi connectivity index (χ0v) is 12.4. The van der Waals surface area contributed by atoms with E-state index in [1.165, 1.54) is 24.5 Å². The predicted octanol–water partition coefficient (Wildman–Crippen LogP) is 2.72. The van der Waals surface area contributed by atoms with Crippen molar-refractivity contribution in [2.75, 3.05) is 12.4 Å². The van der Waals surface area contributed by atoms with Gasteiger partial charge in [0.1, 0.15) is 5.69 Å². The van der Waals surface area contributed by atoms with Gasteiger partial charge in [-0.1, -0.05) is 11.6 Å². The van der Waals surface area contributed by atoms with Crippen molar-refractivity contribution >= 4 is 40.4 Å². The highest BCUT2D eigenvalue weighted by Crippen LogP contribution is 2.24. The number of thiazole rings is 1. The number of hydrogen-bond acceptors (Lipinski definition) is 4. The molecule has 7 heteroatoms. The van der Waals surface area contributed by atoms with Crippen molar-refractivity contribution in [3.63, 3.8) is 0 Å². The predicted molar refractivity (Wildman–Crippen MR) is 79.6 cm³/mol. The molecular weight excluding hydrogens is 298 g/mol. The molecule has 104 valence electrons. The fourth-order valence-electron chi connectivity index (χ4n) is 1.56. The first kappa shape index (κ1) is 14.5. The Hall–Kier alpha value is -1.92. The molecule has 1 aromatic carbocycles. The van der Waals surface area contributed by atoms with Crippen molar-refractivity contribution in [3.8, 4) is 0 Å². The zero-order chi connectivity index (χ0) is 14.7. The molecular formula is C13H12ClN3O2S. The molecule has 2 amide bonds. The van der Waals surface area contributed by atoms with Gasteiger partial charge in [-0.3, -0.25) is 9.59 Å². The summed E-state index contributed by atoms with van der Waals surface area (Å²) in [6.07, 6.45) is 0. The van der Waals surface area contributed by atoms with E-state index in [-0.39, 0.29) is 11.8 Å². The maximum absolute atomic E-state index is 12.0. The summed E-state index contributed by atoms with van der Waals surface area (Å²) in [4.78, 5) is 27.7. The van der Waals surface area contributed by atoms with E-state index in [0.717, 1.165) is 5.01 Å². The van der Waals surface area contributed by atoms with E-state index < -0.39 is 0 Å². The first-order chi connectivity index (χ1) is 9.51. The number of carbonyl (C=O) groups is 2. The van der Waals surface area contributed by atoms with Gasteiger partial charge < -0.3 is 10.6 Å². The second-order valence-electron chi connectivity index (χ2n) is 3.98. The van der Waals surface area contributed by atoms with Crippen molar-refractivity contribution in [2.45, 2.75) is 6.92 Å². The van der Waals surface area contributed by atoms with E-state index in [0.29, 0.717) is 22.0 Å². The third-order valence-corrected chi connectivity index (χ3v) is 3.66. The Kier molecular flexibility index (Phi) is 4.36. The lowest BCUT2D eigenvalue weighted by Gasteiger charge is -2.08. The quantitative estimate of drug-likeness (QED) is 0.915. The first-order valence-electron chi connectivity index (χ1n) is 5.76. The van der Waals surface area contributed by atoms with Crippen LogP contribution in [-0.2, 0) is 0 Å². The molecule has 1 aromatic heterocycles. The molecule has 0 aliphatic carbocycles. The van der Waals surface area contributed by atoms with Gasteiger partial charge in [0.15, 0.2) is 0 Å². The van der Waals surface area contributed by atoms with Gasteiger partial charge in [0.05, 0.1) is 15.7 Å². The Morgan fingerprint density at radius 2 is 2.05 bits per heavy atom. The minimum Gasteiger partial charge on any atom is -0.355 e. The average Bonchev–Trinajstić information content (AvgIpc) is 2.87. The minimum atomic E-state index is -0.356. The van der Waals surface area contributed by atoms with E-state index in [9.17, 15) is 9.59 Å². The number of nitrogens with zero attached hydrogens (tertiary/aromatic N) is 1. The molecule has 1 heterocycles. The van der Waals surface area contributed by atoms with Crippen molar-refractivity contribution in [2.24, 2.45) is 0 Å². The van der Waals surface area contributed by atoms with E-state index in [1.807, 2.05) is 6.92 Å². The molecule has 0 aliphatic rings. The van der Waals surface area contributed by atoms with Crippen LogP contribution in [0.15, 0.2) is 23.6 Å². The molecule has 2 rings (SSSR count). The minimum absolute atomic E-state index is 0.248. The second-order valence-corrected chi connectivity index (χ2v) is 5.45. The van der Waals surface area contributed by atoms with E-state index in [4.69, 9.17) is 11.6 Å². The van der Waals surface area contributed by atoms with Crippen LogP contribution >= 0.6 is 22.9 Å². The Labute approximate surface area is 125 Å². The van der Waals surface area contributed by atoms with Gasteiger partial charge in [0.2, 0.25) is 0 Å². The van der Waals surface area contributed by atoms with Gasteiger partial charge >= 0.3 is 0 Å². The summed E-state index contributed by atoms with van der Waals surface area (Å²) in [5.41, 5.74) is 1.12. The van der Waals surface area contributed by atoms with Crippen LogP contribution in [0.5, 0.6) is 0 Å². The van der Waals surface area contributed by atoms with Crippen molar-refractivity contribution in [3.05, 3.63) is 44.9 Å². The van der Waals surface area contributed by atoms with Gasteiger partial charge in [-0.25, -0.2) is 4.98 Å². The number of nitrogens with one attached hydrogen (secondary N) is 2. The summed E-state index contributed by atoms with van der Waals surface area (Å²) >= 11 is 7.41. The number of aryl methyl sites for hydroxylation is 1. The standard InChI is InChI=1S/C13H12ClN3O2S/c1-7-16-11(6-20-7)13(19)17-10-5-8(12(18)15-2)3-4-9(10)14/h3-6H,1-2H3,(H,15,18)(H,17,19). The Morgan fingerprint density at radius 3 is 2.65 bits per heavy atom. The normalized spacial score (nSPS) is 10.2. The topological polar surface area (TPSA) is 71.1 Å². The highest BCUT2D eigenvalue weighted by Gasteiger charge is 2.13. The number of benzene rings is 1. The number of amides is 2. The lowest BCUT2D eigenvalue weighted by molar-refractivity contribution is 0.0961. The number of carbonyl (C=O) groups excluding carboxylic acids is 2. The monoisotopic (exact) mass is 309 g/mol. The number of halogens is 1. The molecule has 20 heavy (non-hydrogen) atoms. The molecule has 0 fully saturated rings. The summed E-state index contributed by atoms with van der Waals surface area (Å²) in [6, 6.07) is 4.68. The SMILES string of the molecule is CNC(=O)c1ccc(Cl)c(NC(=O)c2csc(C)n2)c1. The van der Waals surface area contributed by atoms with Gasteiger partial charge in [-0.05, 0) is 25.1 Å². The van der Waals surface area contributed by atoms with Crippen LogP contribution in [-0.4, -0.2) is 23.8 Å². The van der Waals surface area contributed by atoms with Crippen molar-refractivity contribution < 1.29 is 9.59 Å². The maximum Gasteiger partial charge on any atom is 0.275 e. The summed E-state index contributed by atoms with van der Waals surface area (Å²) in [6.45, 7) is 1.82. The van der Waals surface area contributed by atoms with Crippen LogP contribution < -0.4 is 10.6 Å². The molecule has 0 spiro atoms. The molecule has 2 aromatic rings. The van der Waals surface area contributed by atoms with Crippen molar-refractivity contribution in [1.29, 1.82) is 0 Å². The number of hydrogen-bond donors (Lipinski definition) is 2. The van der Waals surface area contributed by atoms with Crippen LogP contribution in [0.25, 0.3) is 0 Å². The first-order valence-corrected chi connectivity index (χ1v) is 7.02. The molecule has 0 unspecified atom stereocenters. The molecule has 0 aliphatic heterocycles. The van der Waals surface area contributed by atoms with Gasteiger partial charge in [-0.2, -0.15) is 0 Å². The summed E-state index contributed by atoms with van der Waals surface area (Å²) in [7, 11) is 1.53. The summed E-state index contributed by atoms with van der Waals surface area (Å²) in [5, 5.41) is 8.00. The second kappa shape index (κ2) is 6.02. The fourth-order valence-corrected chi connectivity index (χ4v) is 2.32. The Balaban J connectivity index is 2.24. The van der Waals surface area contributed by atoms with Crippen LogP contribution in [0.1, 0.15) is 25.9 Å². The molecule has 0 radical (unpaired) electrons. The highest BCUT2D eigenvalue weighted by molar-refractivity contribution is 7.09. The molecule has 2 N–H and O–H groups in total. The Morgan fingerprint density at radius 1 is 1.30 bits per heavy atom. The lowest BCUT2D eigenvalue weighted by atomic mass is 10.2. The molecule has 5 nitrogen and oxygen atoms in total. The van der Waals surface area contributed by atoms with Gasteiger partial charge in [0, 0.05) is 18.0 Å². The van der Waals surface area contributed by atoms with Crippen LogP contribution in [0.3, 0.4) is 0 Å². The molecule has 0 bridgehead atoms. The summed E-state index contributed by atoms with van der Waals surface area (Å²) in [5.74, 6) is -0.605. The number of rotatable bonds is 3. The van der Waals surface area contributed by atoms with Crippen LogP contribution in [0.4, 0.5) is 5.69 Å². The average molecular weight is 310 g/mol. The molecule has 0 saturated heterocycles. The maximum atomic E-state index is 12.0. The fraction of sp³-hybridized carbons (Fsp3) is 0.154. The van der Waals surface area contributed by atoms with E-state index >= 15 is 0 Å². The van der Waals surface area contributed by atoms with Gasteiger partial charge in [0.25, 0.3) is 11.8 Å². The molecule has 0 atom stereocenters. The van der Waals surface area contributed by atoms with Crippen LogP contribution in [0, 0.1) is 6.92 Å². The third-order valence-electron chi connectivity index (χ3n) is 2.56. The number of aromatic nitrogens is 1. The Bertz CT molecular complexity index is 669. The van der Waals surface area contributed by atoms with Crippen LogP contribution in [0.2, 0.25) is 5.02 Å².